The van der Waals surface area contributed by atoms with Crippen molar-refractivity contribution in [1.29, 1.82) is 0 Å². The first-order chi connectivity index (χ1) is 4.79. The van der Waals surface area contributed by atoms with Gasteiger partial charge in [0.1, 0.15) is 0 Å². The average molecular weight is 139 g/mol. The lowest BCUT2D eigenvalue weighted by atomic mass is 10.2. The third-order valence-electron chi connectivity index (χ3n) is 1.29. The summed E-state index contributed by atoms with van der Waals surface area (Å²) in [5, 5.41) is 8.30. The van der Waals surface area contributed by atoms with Gasteiger partial charge in [-0.3, -0.25) is 4.79 Å². The molecule has 0 bridgehead atoms. The fraction of sp³-hybridized carbons (Fsp3) is 0.286. The van der Waals surface area contributed by atoms with Crippen LogP contribution in [0.5, 0.6) is 0 Å². The van der Waals surface area contributed by atoms with Crippen molar-refractivity contribution in [3.63, 3.8) is 0 Å². The minimum Gasteiger partial charge on any atom is -0.481 e. The Morgan fingerprint density at radius 2 is 2.50 bits per heavy atom. The van der Waals surface area contributed by atoms with Crippen LogP contribution in [0.1, 0.15) is 12.0 Å². The molecule has 0 aliphatic heterocycles. The van der Waals surface area contributed by atoms with Gasteiger partial charge in [-0.15, -0.1) is 0 Å². The summed E-state index contributed by atoms with van der Waals surface area (Å²) in [4.78, 5) is 12.9. The molecule has 0 spiro atoms. The first kappa shape index (κ1) is 6.86. The van der Waals surface area contributed by atoms with E-state index in [2.05, 4.69) is 4.98 Å². The SMILES string of the molecule is O=C(O)CCc1cc[nH]c1. The molecular formula is C7H9NO2. The number of carboxylic acid groups (broad SMARTS) is 1. The molecule has 54 valence electrons. The molecule has 10 heavy (non-hydrogen) atoms. The van der Waals surface area contributed by atoms with E-state index in [1.165, 1.54) is 0 Å². The Kier molecular flexibility index (Phi) is 2.10. The van der Waals surface area contributed by atoms with Gasteiger partial charge in [-0.05, 0) is 18.1 Å². The minimum atomic E-state index is -0.749. The largest absolute Gasteiger partial charge is 0.481 e. The van der Waals surface area contributed by atoms with E-state index >= 15 is 0 Å². The Labute approximate surface area is 58.7 Å². The van der Waals surface area contributed by atoms with Gasteiger partial charge in [-0.25, -0.2) is 0 Å². The molecule has 0 saturated carbocycles. The molecule has 1 heterocycles. The second-order valence-corrected chi connectivity index (χ2v) is 2.11. The van der Waals surface area contributed by atoms with Crippen LogP contribution in [0, 0.1) is 0 Å². The van der Waals surface area contributed by atoms with Crippen LogP contribution in [0.25, 0.3) is 0 Å². The van der Waals surface area contributed by atoms with Crippen LogP contribution < -0.4 is 0 Å². The number of aromatic nitrogens is 1. The predicted molar refractivity (Wildman–Crippen MR) is 36.7 cm³/mol. The van der Waals surface area contributed by atoms with E-state index in [9.17, 15) is 4.79 Å². The van der Waals surface area contributed by atoms with Crippen molar-refractivity contribution in [2.24, 2.45) is 0 Å². The molecule has 3 nitrogen and oxygen atoms in total. The van der Waals surface area contributed by atoms with E-state index in [1.807, 2.05) is 12.3 Å². The van der Waals surface area contributed by atoms with E-state index in [-0.39, 0.29) is 6.42 Å². The fourth-order valence-electron chi connectivity index (χ4n) is 0.765. The van der Waals surface area contributed by atoms with Crippen LogP contribution >= 0.6 is 0 Å². The number of aryl methyl sites for hydroxylation is 1. The summed E-state index contributed by atoms with van der Waals surface area (Å²) in [7, 11) is 0. The zero-order valence-electron chi connectivity index (χ0n) is 5.50. The third-order valence-corrected chi connectivity index (χ3v) is 1.29. The lowest BCUT2D eigenvalue weighted by Crippen LogP contribution is -1.95. The highest BCUT2D eigenvalue weighted by molar-refractivity contribution is 5.67. The van der Waals surface area contributed by atoms with Crippen molar-refractivity contribution in [3.8, 4) is 0 Å². The van der Waals surface area contributed by atoms with Crippen LogP contribution in [0.4, 0.5) is 0 Å². The number of hydrogen-bond acceptors (Lipinski definition) is 1. The molecule has 1 aromatic rings. The number of rotatable bonds is 3. The summed E-state index contributed by atoms with van der Waals surface area (Å²) in [6, 6.07) is 1.88. The molecule has 0 aliphatic rings. The van der Waals surface area contributed by atoms with E-state index < -0.39 is 5.97 Å². The van der Waals surface area contributed by atoms with Gasteiger partial charge >= 0.3 is 5.97 Å². The Balaban J connectivity index is 2.35. The van der Waals surface area contributed by atoms with E-state index in [1.54, 1.807) is 6.20 Å². The van der Waals surface area contributed by atoms with Gasteiger partial charge in [0.05, 0.1) is 0 Å². The Morgan fingerprint density at radius 3 is 3.00 bits per heavy atom. The molecule has 0 fully saturated rings. The minimum absolute atomic E-state index is 0.206. The summed E-state index contributed by atoms with van der Waals surface area (Å²) in [6.07, 6.45) is 4.41. The summed E-state index contributed by atoms with van der Waals surface area (Å²) in [6.45, 7) is 0. The molecule has 0 unspecified atom stereocenters. The zero-order valence-corrected chi connectivity index (χ0v) is 5.50. The van der Waals surface area contributed by atoms with Crippen LogP contribution in [0.2, 0.25) is 0 Å². The third kappa shape index (κ3) is 1.93. The highest BCUT2D eigenvalue weighted by Crippen LogP contribution is 1.99. The molecule has 0 aromatic carbocycles. The molecule has 3 heteroatoms. The maximum absolute atomic E-state index is 10.1. The van der Waals surface area contributed by atoms with Crippen molar-refractivity contribution in [3.05, 3.63) is 24.0 Å². The Hall–Kier alpha value is -1.25. The maximum atomic E-state index is 10.1. The van der Waals surface area contributed by atoms with Crippen molar-refractivity contribution in [2.45, 2.75) is 12.8 Å². The fourth-order valence-corrected chi connectivity index (χ4v) is 0.765. The van der Waals surface area contributed by atoms with Gasteiger partial charge in [0.25, 0.3) is 0 Å². The van der Waals surface area contributed by atoms with Crippen molar-refractivity contribution < 1.29 is 9.90 Å². The molecular weight excluding hydrogens is 130 g/mol. The summed E-state index contributed by atoms with van der Waals surface area (Å²) in [5.74, 6) is -0.749. The monoisotopic (exact) mass is 139 g/mol. The smallest absolute Gasteiger partial charge is 0.303 e. The highest BCUT2D eigenvalue weighted by atomic mass is 16.4. The molecule has 0 atom stereocenters. The summed E-state index contributed by atoms with van der Waals surface area (Å²) >= 11 is 0. The normalized spacial score (nSPS) is 9.60. The number of hydrogen-bond donors (Lipinski definition) is 2. The van der Waals surface area contributed by atoms with Gasteiger partial charge in [0.2, 0.25) is 0 Å². The lowest BCUT2D eigenvalue weighted by Gasteiger charge is -1.89. The zero-order chi connectivity index (χ0) is 7.40. The second-order valence-electron chi connectivity index (χ2n) is 2.11. The number of aliphatic carboxylic acids is 1. The number of carbonyl (C=O) groups is 1. The van der Waals surface area contributed by atoms with Crippen molar-refractivity contribution >= 4 is 5.97 Å². The Morgan fingerprint density at radius 1 is 1.70 bits per heavy atom. The molecule has 1 rings (SSSR count). The number of nitrogens with one attached hydrogen (secondary N) is 1. The molecule has 0 amide bonds. The van der Waals surface area contributed by atoms with Crippen LogP contribution in [0.3, 0.4) is 0 Å². The van der Waals surface area contributed by atoms with Gasteiger partial charge in [0, 0.05) is 18.8 Å². The molecule has 2 N–H and O–H groups in total. The average Bonchev–Trinajstić information content (AvgIpc) is 2.34. The first-order valence-corrected chi connectivity index (χ1v) is 3.12. The maximum Gasteiger partial charge on any atom is 0.303 e. The topological polar surface area (TPSA) is 53.1 Å². The highest BCUT2D eigenvalue weighted by Gasteiger charge is 1.97. The Bertz CT molecular complexity index is 203. The quantitative estimate of drug-likeness (QED) is 0.657. The summed E-state index contributed by atoms with van der Waals surface area (Å²) < 4.78 is 0. The molecule has 0 radical (unpaired) electrons. The lowest BCUT2D eigenvalue weighted by molar-refractivity contribution is -0.136. The van der Waals surface area contributed by atoms with Gasteiger partial charge in [-0.2, -0.15) is 0 Å². The van der Waals surface area contributed by atoms with E-state index in [4.69, 9.17) is 5.11 Å². The van der Waals surface area contributed by atoms with Gasteiger partial charge in [-0.1, -0.05) is 0 Å². The summed E-state index contributed by atoms with van der Waals surface area (Å²) in [5.41, 5.74) is 1.04. The number of aromatic amines is 1. The van der Waals surface area contributed by atoms with Crippen molar-refractivity contribution in [1.82, 2.24) is 4.98 Å². The molecule has 0 aliphatic carbocycles. The van der Waals surface area contributed by atoms with Gasteiger partial charge < -0.3 is 10.1 Å². The van der Waals surface area contributed by atoms with Crippen molar-refractivity contribution in [2.75, 3.05) is 0 Å². The van der Waals surface area contributed by atoms with Crippen LogP contribution in [-0.2, 0) is 11.2 Å². The van der Waals surface area contributed by atoms with Crippen LogP contribution in [-0.4, -0.2) is 16.1 Å². The van der Waals surface area contributed by atoms with Crippen LogP contribution in [0.15, 0.2) is 18.5 Å². The number of H-pyrrole nitrogens is 1. The van der Waals surface area contributed by atoms with Gasteiger partial charge in [0.15, 0.2) is 0 Å². The molecule has 1 aromatic heterocycles. The first-order valence-electron chi connectivity index (χ1n) is 3.12. The molecule has 0 saturated heterocycles. The number of carboxylic acids is 1. The van der Waals surface area contributed by atoms with E-state index in [0.717, 1.165) is 5.56 Å². The predicted octanol–water partition coefficient (Wildman–Crippen LogP) is 1.03. The van der Waals surface area contributed by atoms with E-state index in [0.29, 0.717) is 6.42 Å². The standard InChI is InChI=1S/C7H9NO2/c9-7(10)2-1-6-3-4-8-5-6/h3-5,8H,1-2H2,(H,9,10). The second kappa shape index (κ2) is 3.06.